The Morgan fingerprint density at radius 2 is 1.88 bits per heavy atom. The summed E-state index contributed by atoms with van der Waals surface area (Å²) in [5.74, 6) is 1.08. The van der Waals surface area contributed by atoms with Gasteiger partial charge in [-0.25, -0.2) is 14.8 Å². The number of ether oxygens (including phenoxy) is 1. The number of aliphatic hydroxyl groups is 1. The summed E-state index contributed by atoms with van der Waals surface area (Å²) in [6.07, 6.45) is 4.47. The standard InChI is InChI=1S/C29H37N7O5/c1-19-31-20-8-5-6-9-21(20)35(19)13-7-10-23(37)34-14-11-29(12-15-34)16-22(28(2,40)17-41-29)36-18-30-25-24(36)26(38)33(4)27(39)32(25)3/h5-6,8-9,18,22,40H,7,10-17H2,1-4H3/t22-,28-/m0/s1. The van der Waals surface area contributed by atoms with Crippen molar-refractivity contribution >= 4 is 28.1 Å². The number of rotatable bonds is 5. The average Bonchev–Trinajstić information content (AvgIpc) is 3.54. The van der Waals surface area contributed by atoms with Gasteiger partial charge in [0.1, 0.15) is 11.4 Å². The summed E-state index contributed by atoms with van der Waals surface area (Å²) in [4.78, 5) is 49.5. The zero-order valence-electron chi connectivity index (χ0n) is 24.0. The van der Waals surface area contributed by atoms with Crippen LogP contribution in [0.2, 0.25) is 0 Å². The Labute approximate surface area is 236 Å². The minimum absolute atomic E-state index is 0.0928. The van der Waals surface area contributed by atoms with Gasteiger partial charge in [-0.15, -0.1) is 0 Å². The topological polar surface area (TPSA) is 129 Å². The molecule has 5 heterocycles. The van der Waals surface area contributed by atoms with Gasteiger partial charge in [-0.05, 0) is 45.2 Å². The van der Waals surface area contributed by atoms with E-state index < -0.39 is 28.5 Å². The van der Waals surface area contributed by atoms with Crippen LogP contribution in [0, 0.1) is 6.92 Å². The molecule has 6 rings (SSSR count). The van der Waals surface area contributed by atoms with Crippen LogP contribution in [0.3, 0.4) is 0 Å². The SMILES string of the molecule is Cc1nc2ccccc2n1CCCC(=O)N1CCC2(CC1)C[C@H](n1cnc3c1c(=O)n(C)c(=O)n3C)[C@@](C)(O)CO2. The van der Waals surface area contributed by atoms with Crippen LogP contribution in [0.1, 0.15) is 50.9 Å². The van der Waals surface area contributed by atoms with Crippen LogP contribution in [-0.2, 0) is 30.2 Å². The first-order valence-electron chi connectivity index (χ1n) is 14.2. The number of piperidine rings is 1. The number of aromatic nitrogens is 6. The highest BCUT2D eigenvalue weighted by Crippen LogP contribution is 2.44. The number of benzene rings is 1. The summed E-state index contributed by atoms with van der Waals surface area (Å²) in [6.45, 7) is 5.66. The van der Waals surface area contributed by atoms with Crippen molar-refractivity contribution in [1.82, 2.24) is 33.1 Å². The molecule has 218 valence electrons. The summed E-state index contributed by atoms with van der Waals surface area (Å²) < 4.78 is 12.6. The van der Waals surface area contributed by atoms with E-state index in [-0.39, 0.29) is 23.7 Å². The minimum atomic E-state index is -1.25. The van der Waals surface area contributed by atoms with E-state index in [0.717, 1.165) is 34.4 Å². The smallest absolute Gasteiger partial charge is 0.332 e. The summed E-state index contributed by atoms with van der Waals surface area (Å²) >= 11 is 0. The third-order valence-electron chi connectivity index (χ3n) is 9.11. The molecule has 41 heavy (non-hydrogen) atoms. The first kappa shape index (κ1) is 27.4. The molecular weight excluding hydrogens is 526 g/mol. The molecule has 0 unspecified atom stereocenters. The lowest BCUT2D eigenvalue weighted by atomic mass is 9.77. The lowest BCUT2D eigenvalue weighted by Crippen LogP contribution is -2.57. The Bertz CT molecular complexity index is 1750. The van der Waals surface area contributed by atoms with Crippen LogP contribution in [0.25, 0.3) is 22.2 Å². The molecule has 2 aliphatic rings. The lowest BCUT2D eigenvalue weighted by Gasteiger charge is -2.51. The van der Waals surface area contributed by atoms with Crippen molar-refractivity contribution in [3.8, 4) is 0 Å². The summed E-state index contributed by atoms with van der Waals surface area (Å²) in [6, 6.07) is 7.56. The summed E-state index contributed by atoms with van der Waals surface area (Å²) in [5, 5.41) is 11.3. The van der Waals surface area contributed by atoms with Gasteiger partial charge in [-0.3, -0.25) is 18.7 Å². The molecule has 1 spiro atoms. The quantitative estimate of drug-likeness (QED) is 0.391. The maximum Gasteiger partial charge on any atom is 0.332 e. The number of nitrogens with zero attached hydrogens (tertiary/aromatic N) is 7. The largest absolute Gasteiger partial charge is 0.386 e. The van der Waals surface area contributed by atoms with Crippen molar-refractivity contribution in [2.75, 3.05) is 19.7 Å². The molecule has 2 saturated heterocycles. The Hall–Kier alpha value is -3.77. The van der Waals surface area contributed by atoms with Crippen molar-refractivity contribution in [2.24, 2.45) is 14.1 Å². The van der Waals surface area contributed by atoms with Crippen LogP contribution in [-0.4, -0.2) is 75.0 Å². The van der Waals surface area contributed by atoms with Gasteiger partial charge >= 0.3 is 5.69 Å². The van der Waals surface area contributed by atoms with Crippen molar-refractivity contribution < 1.29 is 14.6 Å². The molecule has 1 aromatic carbocycles. The predicted molar refractivity (Wildman–Crippen MR) is 153 cm³/mol. The van der Waals surface area contributed by atoms with Gasteiger partial charge in [-0.2, -0.15) is 0 Å². The monoisotopic (exact) mass is 563 g/mol. The van der Waals surface area contributed by atoms with Crippen molar-refractivity contribution in [3.05, 3.63) is 57.3 Å². The second-order valence-corrected chi connectivity index (χ2v) is 11.9. The normalized spacial score (nSPS) is 22.7. The zero-order valence-corrected chi connectivity index (χ0v) is 24.0. The number of para-hydroxylation sites is 2. The van der Waals surface area contributed by atoms with Gasteiger partial charge in [0.15, 0.2) is 11.2 Å². The van der Waals surface area contributed by atoms with Gasteiger partial charge in [0.2, 0.25) is 5.91 Å². The maximum atomic E-state index is 13.1. The molecule has 0 aliphatic carbocycles. The molecule has 2 fully saturated rings. The first-order valence-corrected chi connectivity index (χ1v) is 14.2. The number of hydrogen-bond acceptors (Lipinski definition) is 7. The molecule has 0 saturated carbocycles. The van der Waals surface area contributed by atoms with Crippen LogP contribution in [0.5, 0.6) is 0 Å². The number of hydrogen-bond donors (Lipinski definition) is 1. The second kappa shape index (κ2) is 9.95. The van der Waals surface area contributed by atoms with E-state index in [1.165, 1.54) is 17.9 Å². The van der Waals surface area contributed by atoms with E-state index in [0.29, 0.717) is 38.8 Å². The predicted octanol–water partition coefficient (Wildman–Crippen LogP) is 1.65. The first-order chi connectivity index (χ1) is 19.5. The van der Waals surface area contributed by atoms with E-state index in [1.54, 1.807) is 18.5 Å². The molecular formula is C29H37N7O5. The summed E-state index contributed by atoms with van der Waals surface area (Å²) in [5.41, 5.74) is -0.0531. The van der Waals surface area contributed by atoms with Crippen molar-refractivity contribution in [1.29, 1.82) is 0 Å². The van der Waals surface area contributed by atoms with Crippen LogP contribution >= 0.6 is 0 Å². The Kier molecular flexibility index (Phi) is 6.65. The van der Waals surface area contributed by atoms with Crippen molar-refractivity contribution in [3.63, 3.8) is 0 Å². The summed E-state index contributed by atoms with van der Waals surface area (Å²) in [7, 11) is 3.02. The van der Waals surface area contributed by atoms with Gasteiger partial charge in [0, 0.05) is 46.6 Å². The van der Waals surface area contributed by atoms with Gasteiger partial charge in [0.25, 0.3) is 5.56 Å². The number of fused-ring (bicyclic) bond motifs is 2. The van der Waals surface area contributed by atoms with Gasteiger partial charge < -0.3 is 23.9 Å². The number of aryl methyl sites for hydroxylation is 3. The van der Waals surface area contributed by atoms with Crippen LogP contribution < -0.4 is 11.2 Å². The van der Waals surface area contributed by atoms with E-state index in [1.807, 2.05) is 30.0 Å². The Morgan fingerprint density at radius 1 is 1.15 bits per heavy atom. The fraction of sp³-hybridized carbons (Fsp3) is 0.552. The number of amides is 1. The fourth-order valence-electron chi connectivity index (χ4n) is 6.56. The number of carbonyl (C=O) groups is 1. The molecule has 4 aromatic rings. The highest BCUT2D eigenvalue weighted by atomic mass is 16.5. The maximum absolute atomic E-state index is 13.1. The molecule has 2 aliphatic heterocycles. The molecule has 12 heteroatoms. The van der Waals surface area contributed by atoms with Gasteiger partial charge in [0.05, 0.1) is 35.6 Å². The molecule has 2 atom stereocenters. The molecule has 0 radical (unpaired) electrons. The average molecular weight is 564 g/mol. The Balaban J connectivity index is 1.13. The van der Waals surface area contributed by atoms with Crippen molar-refractivity contribution in [2.45, 2.75) is 69.7 Å². The van der Waals surface area contributed by atoms with E-state index in [2.05, 4.69) is 20.6 Å². The third kappa shape index (κ3) is 4.58. The number of carbonyl (C=O) groups excluding carboxylic acids is 1. The lowest BCUT2D eigenvalue weighted by molar-refractivity contribution is -0.201. The molecule has 1 N–H and O–H groups in total. The van der Waals surface area contributed by atoms with E-state index in [9.17, 15) is 19.5 Å². The minimum Gasteiger partial charge on any atom is -0.386 e. The number of likely N-dealkylation sites (tertiary alicyclic amines) is 1. The Morgan fingerprint density at radius 3 is 2.63 bits per heavy atom. The van der Waals surface area contributed by atoms with Crippen LogP contribution in [0.4, 0.5) is 0 Å². The highest BCUT2D eigenvalue weighted by molar-refractivity contribution is 5.77. The molecule has 0 bridgehead atoms. The fourth-order valence-corrected chi connectivity index (χ4v) is 6.56. The highest BCUT2D eigenvalue weighted by Gasteiger charge is 2.50. The third-order valence-corrected chi connectivity index (χ3v) is 9.11. The molecule has 3 aromatic heterocycles. The van der Waals surface area contributed by atoms with Gasteiger partial charge in [-0.1, -0.05) is 12.1 Å². The zero-order chi connectivity index (χ0) is 29.1. The van der Waals surface area contributed by atoms with E-state index >= 15 is 0 Å². The second-order valence-electron chi connectivity index (χ2n) is 11.9. The number of imidazole rings is 2. The molecule has 12 nitrogen and oxygen atoms in total. The van der Waals surface area contributed by atoms with Crippen LogP contribution in [0.15, 0.2) is 40.2 Å². The van der Waals surface area contributed by atoms with E-state index in [4.69, 9.17) is 4.74 Å². The molecule has 1 amide bonds.